The van der Waals surface area contributed by atoms with Crippen molar-refractivity contribution in [1.82, 2.24) is 15.5 Å². The Bertz CT molecular complexity index is 771. The van der Waals surface area contributed by atoms with Gasteiger partial charge in [-0.25, -0.2) is 4.79 Å². The van der Waals surface area contributed by atoms with Gasteiger partial charge >= 0.3 is 6.09 Å². The number of nitrogens with one attached hydrogen (secondary N) is 2. The van der Waals surface area contributed by atoms with Crippen LogP contribution >= 0.6 is 0 Å². The zero-order valence-electron chi connectivity index (χ0n) is 19.9. The second-order valence-electron chi connectivity index (χ2n) is 9.40. The van der Waals surface area contributed by atoms with Gasteiger partial charge < -0.3 is 25.4 Å². The number of phenols is 1. The number of para-hydroxylation sites is 1. The first-order valence-electron chi connectivity index (χ1n) is 10.6. The summed E-state index contributed by atoms with van der Waals surface area (Å²) in [6.07, 6.45) is -0.340. The number of nitrogens with zero attached hydrogens (tertiary/aromatic N) is 1. The van der Waals surface area contributed by atoms with Crippen molar-refractivity contribution in [3.63, 3.8) is 0 Å². The Hall–Kier alpha value is -2.77. The van der Waals surface area contributed by atoms with Crippen molar-refractivity contribution in [3.8, 4) is 5.75 Å². The average molecular weight is 436 g/mol. The maximum absolute atomic E-state index is 13.4. The minimum absolute atomic E-state index is 0.0911. The van der Waals surface area contributed by atoms with Gasteiger partial charge in [0.15, 0.2) is 0 Å². The van der Waals surface area contributed by atoms with Gasteiger partial charge in [0, 0.05) is 18.7 Å². The first kappa shape index (κ1) is 26.3. The van der Waals surface area contributed by atoms with Gasteiger partial charge in [0.1, 0.15) is 23.4 Å². The Morgan fingerprint density at radius 2 is 1.65 bits per heavy atom. The van der Waals surface area contributed by atoms with E-state index in [4.69, 9.17) is 4.74 Å². The molecule has 0 saturated carbocycles. The molecule has 0 radical (unpaired) electrons. The molecule has 0 saturated heterocycles. The number of amides is 3. The topological polar surface area (TPSA) is 108 Å². The van der Waals surface area contributed by atoms with Crippen molar-refractivity contribution in [1.29, 1.82) is 0 Å². The third kappa shape index (κ3) is 8.47. The van der Waals surface area contributed by atoms with E-state index in [1.54, 1.807) is 39.0 Å². The number of benzene rings is 1. The van der Waals surface area contributed by atoms with E-state index in [1.165, 1.54) is 18.0 Å². The molecular weight excluding hydrogens is 398 g/mol. The normalized spacial score (nSPS) is 13.5. The number of alkyl carbamates (subject to hydrolysis) is 1. The predicted molar refractivity (Wildman–Crippen MR) is 120 cm³/mol. The van der Waals surface area contributed by atoms with Crippen LogP contribution in [-0.4, -0.2) is 52.6 Å². The van der Waals surface area contributed by atoms with E-state index >= 15 is 0 Å². The zero-order valence-corrected chi connectivity index (χ0v) is 19.9. The molecule has 1 aromatic carbocycles. The summed E-state index contributed by atoms with van der Waals surface area (Å²) in [5, 5.41) is 15.8. The van der Waals surface area contributed by atoms with Crippen molar-refractivity contribution in [2.75, 3.05) is 7.05 Å². The molecular formula is C23H37N3O5. The standard InChI is InChI=1S/C23H37N3O5/c1-14(2)13-17(25-22(30)31-23(5,6)7)21(29)26(8)19(20(28)24-15(3)4)16-11-9-10-12-18(16)27/h9-12,14-15,17,19,27H,13H2,1-8H3,(H,24,28)(H,25,30). The summed E-state index contributed by atoms with van der Waals surface area (Å²) in [5.41, 5.74) is -0.409. The molecule has 1 aromatic rings. The van der Waals surface area contributed by atoms with Crippen LogP contribution in [0.3, 0.4) is 0 Å². The highest BCUT2D eigenvalue weighted by molar-refractivity contribution is 5.92. The first-order valence-corrected chi connectivity index (χ1v) is 10.6. The molecule has 0 aliphatic rings. The fourth-order valence-electron chi connectivity index (χ4n) is 3.12. The number of ether oxygens (including phenoxy) is 1. The number of phenolic OH excluding ortho intramolecular Hbond substituents is 1. The lowest BCUT2D eigenvalue weighted by Crippen LogP contribution is -2.52. The summed E-state index contributed by atoms with van der Waals surface area (Å²) >= 11 is 0. The van der Waals surface area contributed by atoms with Gasteiger partial charge in [-0.05, 0) is 53.0 Å². The van der Waals surface area contributed by atoms with Crippen molar-refractivity contribution >= 4 is 17.9 Å². The molecule has 1 rings (SSSR count). The molecule has 3 amide bonds. The van der Waals surface area contributed by atoms with E-state index in [0.29, 0.717) is 12.0 Å². The summed E-state index contributed by atoms with van der Waals surface area (Å²) in [7, 11) is 1.49. The lowest BCUT2D eigenvalue weighted by molar-refractivity contribution is -0.141. The van der Waals surface area contributed by atoms with Crippen LogP contribution in [-0.2, 0) is 14.3 Å². The molecule has 8 nitrogen and oxygen atoms in total. The molecule has 8 heteroatoms. The monoisotopic (exact) mass is 435 g/mol. The molecule has 174 valence electrons. The number of rotatable bonds is 8. The van der Waals surface area contributed by atoms with Crippen molar-refractivity contribution < 1.29 is 24.2 Å². The van der Waals surface area contributed by atoms with Crippen LogP contribution in [0.1, 0.15) is 66.5 Å². The van der Waals surface area contributed by atoms with Crippen molar-refractivity contribution in [2.24, 2.45) is 5.92 Å². The second kappa shape index (κ2) is 11.0. The third-order valence-corrected chi connectivity index (χ3v) is 4.34. The smallest absolute Gasteiger partial charge is 0.408 e. The van der Waals surface area contributed by atoms with E-state index < -0.39 is 35.6 Å². The van der Waals surface area contributed by atoms with Crippen molar-refractivity contribution in [3.05, 3.63) is 29.8 Å². The summed E-state index contributed by atoms with van der Waals surface area (Å²) in [6.45, 7) is 12.7. The summed E-state index contributed by atoms with van der Waals surface area (Å²) in [5.74, 6) is -0.864. The lowest BCUT2D eigenvalue weighted by Gasteiger charge is -2.32. The van der Waals surface area contributed by atoms with E-state index in [-0.39, 0.29) is 17.7 Å². The maximum atomic E-state index is 13.4. The Morgan fingerprint density at radius 3 is 2.13 bits per heavy atom. The number of carbonyl (C=O) groups is 3. The van der Waals surface area contributed by atoms with Gasteiger partial charge in [0.25, 0.3) is 0 Å². The highest BCUT2D eigenvalue weighted by Gasteiger charge is 2.35. The highest BCUT2D eigenvalue weighted by Crippen LogP contribution is 2.29. The van der Waals surface area contributed by atoms with Crippen LogP contribution in [0.2, 0.25) is 0 Å². The predicted octanol–water partition coefficient (Wildman–Crippen LogP) is 3.36. The van der Waals surface area contributed by atoms with Gasteiger partial charge in [0.05, 0.1) is 0 Å². The Kier molecular flexibility index (Phi) is 9.34. The van der Waals surface area contributed by atoms with E-state index in [1.807, 2.05) is 27.7 Å². The van der Waals surface area contributed by atoms with Crippen LogP contribution in [0.25, 0.3) is 0 Å². The molecule has 0 aliphatic heterocycles. The van der Waals surface area contributed by atoms with Crippen LogP contribution in [0.15, 0.2) is 24.3 Å². The second-order valence-corrected chi connectivity index (χ2v) is 9.40. The molecule has 0 bridgehead atoms. The van der Waals surface area contributed by atoms with Crippen LogP contribution < -0.4 is 10.6 Å². The molecule has 2 unspecified atom stereocenters. The first-order chi connectivity index (χ1) is 14.2. The van der Waals surface area contributed by atoms with Gasteiger partial charge in [-0.3, -0.25) is 9.59 Å². The minimum atomic E-state index is -1.06. The summed E-state index contributed by atoms with van der Waals surface area (Å²) in [6, 6.07) is 4.29. The lowest BCUT2D eigenvalue weighted by atomic mass is 9.99. The van der Waals surface area contributed by atoms with Crippen molar-refractivity contribution in [2.45, 2.75) is 78.6 Å². The van der Waals surface area contributed by atoms with Gasteiger partial charge in [0.2, 0.25) is 11.8 Å². The fraction of sp³-hybridized carbons (Fsp3) is 0.609. The Morgan fingerprint density at radius 1 is 1.06 bits per heavy atom. The average Bonchev–Trinajstić information content (AvgIpc) is 2.59. The van der Waals surface area contributed by atoms with Gasteiger partial charge in [-0.1, -0.05) is 32.0 Å². The van der Waals surface area contributed by atoms with E-state index in [9.17, 15) is 19.5 Å². The van der Waals surface area contributed by atoms with E-state index in [0.717, 1.165) is 0 Å². The molecule has 0 aliphatic carbocycles. The number of hydrogen-bond donors (Lipinski definition) is 3. The molecule has 3 N–H and O–H groups in total. The quantitative estimate of drug-likeness (QED) is 0.580. The zero-order chi connectivity index (χ0) is 23.9. The Labute approximate surface area is 185 Å². The largest absolute Gasteiger partial charge is 0.508 e. The summed E-state index contributed by atoms with van der Waals surface area (Å²) in [4.78, 5) is 40.0. The van der Waals surface area contributed by atoms with Crippen LogP contribution in [0, 0.1) is 5.92 Å². The van der Waals surface area contributed by atoms with Gasteiger partial charge in [-0.15, -0.1) is 0 Å². The minimum Gasteiger partial charge on any atom is -0.508 e. The Balaban J connectivity index is 3.25. The fourth-order valence-corrected chi connectivity index (χ4v) is 3.12. The highest BCUT2D eigenvalue weighted by atomic mass is 16.6. The molecule has 0 fully saturated rings. The molecule has 0 aromatic heterocycles. The molecule has 0 heterocycles. The molecule has 2 atom stereocenters. The maximum Gasteiger partial charge on any atom is 0.408 e. The number of hydrogen-bond acceptors (Lipinski definition) is 5. The molecule has 31 heavy (non-hydrogen) atoms. The SMILES string of the molecule is CC(C)CC(NC(=O)OC(C)(C)C)C(=O)N(C)C(C(=O)NC(C)C)c1ccccc1O. The summed E-state index contributed by atoms with van der Waals surface area (Å²) < 4.78 is 5.30. The number of likely N-dealkylation sites (N-methyl/N-ethyl adjacent to an activating group) is 1. The third-order valence-electron chi connectivity index (χ3n) is 4.34. The van der Waals surface area contributed by atoms with Gasteiger partial charge in [-0.2, -0.15) is 0 Å². The van der Waals surface area contributed by atoms with Crippen LogP contribution in [0.5, 0.6) is 5.75 Å². The molecule has 0 spiro atoms. The van der Waals surface area contributed by atoms with Crippen LogP contribution in [0.4, 0.5) is 4.79 Å². The number of aromatic hydroxyl groups is 1. The van der Waals surface area contributed by atoms with E-state index in [2.05, 4.69) is 10.6 Å². The number of carbonyl (C=O) groups excluding carboxylic acids is 3.